The SMILES string of the molecule is O=C(O)c1ccc(Br)c(NS(=O)(=O)c2ccc(F)cc2)c1. The third kappa shape index (κ3) is 3.59. The molecule has 0 unspecified atom stereocenters. The fourth-order valence-corrected chi connectivity index (χ4v) is 3.10. The van der Waals surface area contributed by atoms with Crippen LogP contribution in [0.4, 0.5) is 10.1 Å². The highest BCUT2D eigenvalue weighted by Crippen LogP contribution is 2.26. The third-order valence-corrected chi connectivity index (χ3v) is 4.65. The Morgan fingerprint density at radius 2 is 1.76 bits per heavy atom. The lowest BCUT2D eigenvalue weighted by Crippen LogP contribution is -2.14. The maximum absolute atomic E-state index is 12.8. The molecule has 0 amide bonds. The number of halogens is 2. The van der Waals surface area contributed by atoms with Crippen molar-refractivity contribution in [1.82, 2.24) is 0 Å². The normalized spacial score (nSPS) is 11.1. The molecule has 0 saturated carbocycles. The van der Waals surface area contributed by atoms with Crippen molar-refractivity contribution in [2.24, 2.45) is 0 Å². The van der Waals surface area contributed by atoms with E-state index in [1.54, 1.807) is 0 Å². The van der Waals surface area contributed by atoms with E-state index in [1.807, 2.05) is 0 Å². The quantitative estimate of drug-likeness (QED) is 0.862. The molecule has 0 radical (unpaired) electrons. The maximum Gasteiger partial charge on any atom is 0.335 e. The van der Waals surface area contributed by atoms with Crippen LogP contribution in [0.3, 0.4) is 0 Å². The van der Waals surface area contributed by atoms with E-state index in [1.165, 1.54) is 18.2 Å². The fourth-order valence-electron chi connectivity index (χ4n) is 1.55. The molecule has 0 heterocycles. The standard InChI is InChI=1S/C13H9BrFNO4S/c14-11-6-1-8(13(17)18)7-12(11)16-21(19,20)10-4-2-9(15)3-5-10/h1-7,16H,(H,17,18). The van der Waals surface area contributed by atoms with Gasteiger partial charge in [-0.2, -0.15) is 0 Å². The van der Waals surface area contributed by atoms with Crippen LogP contribution >= 0.6 is 15.9 Å². The van der Waals surface area contributed by atoms with Gasteiger partial charge in [0.25, 0.3) is 10.0 Å². The van der Waals surface area contributed by atoms with Crippen molar-refractivity contribution in [3.05, 3.63) is 58.3 Å². The molecule has 2 rings (SSSR count). The summed E-state index contributed by atoms with van der Waals surface area (Å²) >= 11 is 3.14. The first-order valence-corrected chi connectivity index (χ1v) is 7.88. The van der Waals surface area contributed by atoms with Gasteiger partial charge in [0.05, 0.1) is 16.1 Å². The van der Waals surface area contributed by atoms with Crippen LogP contribution in [0, 0.1) is 5.82 Å². The number of rotatable bonds is 4. The maximum atomic E-state index is 12.8. The number of benzene rings is 2. The molecule has 0 saturated heterocycles. The lowest BCUT2D eigenvalue weighted by Gasteiger charge is -2.10. The molecule has 2 N–H and O–H groups in total. The van der Waals surface area contributed by atoms with Crippen molar-refractivity contribution in [3.63, 3.8) is 0 Å². The summed E-state index contributed by atoms with van der Waals surface area (Å²) in [5.41, 5.74) is 0.0224. The number of carbonyl (C=O) groups is 1. The molecule has 0 aromatic heterocycles. The number of hydrogen-bond donors (Lipinski definition) is 2. The molecular formula is C13H9BrFNO4S. The molecule has 0 aliphatic carbocycles. The second-order valence-electron chi connectivity index (χ2n) is 4.06. The van der Waals surface area contributed by atoms with E-state index in [0.29, 0.717) is 4.47 Å². The minimum absolute atomic E-state index is 0.0602. The summed E-state index contributed by atoms with van der Waals surface area (Å²) < 4.78 is 39.8. The minimum atomic E-state index is -3.93. The van der Waals surface area contributed by atoms with E-state index in [2.05, 4.69) is 20.7 Å². The number of hydrogen-bond acceptors (Lipinski definition) is 3. The van der Waals surface area contributed by atoms with E-state index in [0.717, 1.165) is 24.3 Å². The van der Waals surface area contributed by atoms with Crippen LogP contribution in [0.2, 0.25) is 0 Å². The van der Waals surface area contributed by atoms with Gasteiger partial charge in [-0.15, -0.1) is 0 Å². The van der Waals surface area contributed by atoms with E-state index < -0.39 is 21.8 Å². The zero-order chi connectivity index (χ0) is 15.6. The molecule has 5 nitrogen and oxygen atoms in total. The van der Waals surface area contributed by atoms with Crippen LogP contribution in [-0.4, -0.2) is 19.5 Å². The third-order valence-electron chi connectivity index (χ3n) is 2.58. The smallest absolute Gasteiger partial charge is 0.335 e. The Bertz CT molecular complexity index is 790. The predicted molar refractivity (Wildman–Crippen MR) is 78.3 cm³/mol. The molecule has 0 fully saturated rings. The number of nitrogens with one attached hydrogen (secondary N) is 1. The Morgan fingerprint density at radius 3 is 2.33 bits per heavy atom. The van der Waals surface area contributed by atoms with Crippen LogP contribution in [-0.2, 0) is 10.0 Å². The van der Waals surface area contributed by atoms with Crippen LogP contribution in [0.25, 0.3) is 0 Å². The highest BCUT2D eigenvalue weighted by atomic mass is 79.9. The van der Waals surface area contributed by atoms with Crippen molar-refractivity contribution >= 4 is 37.6 Å². The molecule has 0 bridgehead atoms. The number of sulfonamides is 1. The Labute approximate surface area is 128 Å². The average Bonchev–Trinajstić information content (AvgIpc) is 2.41. The van der Waals surface area contributed by atoms with E-state index >= 15 is 0 Å². The molecule has 110 valence electrons. The molecule has 8 heteroatoms. The number of carboxylic acids is 1. The van der Waals surface area contributed by atoms with Gasteiger partial charge in [0, 0.05) is 4.47 Å². The lowest BCUT2D eigenvalue weighted by atomic mass is 10.2. The van der Waals surface area contributed by atoms with Crippen molar-refractivity contribution in [2.45, 2.75) is 4.90 Å². The summed E-state index contributed by atoms with van der Waals surface area (Å²) in [6.45, 7) is 0. The second kappa shape index (κ2) is 5.82. The van der Waals surface area contributed by atoms with E-state index in [-0.39, 0.29) is 16.1 Å². The number of anilines is 1. The Hall–Kier alpha value is -1.93. The summed E-state index contributed by atoms with van der Waals surface area (Å²) in [6.07, 6.45) is 0. The van der Waals surface area contributed by atoms with Crippen LogP contribution in [0.15, 0.2) is 51.8 Å². The first-order chi connectivity index (χ1) is 9.79. The number of aromatic carboxylic acids is 1. The van der Waals surface area contributed by atoms with Gasteiger partial charge < -0.3 is 5.11 Å². The molecule has 0 atom stereocenters. The van der Waals surface area contributed by atoms with Gasteiger partial charge in [0.15, 0.2) is 0 Å². The summed E-state index contributed by atoms with van der Waals surface area (Å²) in [6, 6.07) is 8.23. The molecule has 0 spiro atoms. The van der Waals surface area contributed by atoms with Gasteiger partial charge >= 0.3 is 5.97 Å². The lowest BCUT2D eigenvalue weighted by molar-refractivity contribution is 0.0697. The van der Waals surface area contributed by atoms with Crippen molar-refractivity contribution in [3.8, 4) is 0 Å². The molecule has 0 aliphatic rings. The zero-order valence-electron chi connectivity index (χ0n) is 10.4. The fraction of sp³-hybridized carbons (Fsp3) is 0. The van der Waals surface area contributed by atoms with Gasteiger partial charge in [-0.1, -0.05) is 0 Å². The van der Waals surface area contributed by atoms with Crippen molar-refractivity contribution < 1.29 is 22.7 Å². The van der Waals surface area contributed by atoms with Crippen LogP contribution < -0.4 is 4.72 Å². The second-order valence-corrected chi connectivity index (χ2v) is 6.60. The largest absolute Gasteiger partial charge is 0.478 e. The van der Waals surface area contributed by atoms with Gasteiger partial charge in [0.2, 0.25) is 0 Å². The monoisotopic (exact) mass is 373 g/mol. The summed E-state index contributed by atoms with van der Waals surface area (Å²) in [7, 11) is -3.93. The average molecular weight is 374 g/mol. The summed E-state index contributed by atoms with van der Waals surface area (Å²) in [5, 5.41) is 8.91. The minimum Gasteiger partial charge on any atom is -0.478 e. The summed E-state index contributed by atoms with van der Waals surface area (Å²) in [5.74, 6) is -1.73. The van der Waals surface area contributed by atoms with Crippen molar-refractivity contribution in [1.29, 1.82) is 0 Å². The van der Waals surface area contributed by atoms with Crippen molar-refractivity contribution in [2.75, 3.05) is 4.72 Å². The summed E-state index contributed by atoms with van der Waals surface area (Å²) in [4.78, 5) is 10.8. The van der Waals surface area contributed by atoms with Gasteiger partial charge in [-0.3, -0.25) is 4.72 Å². The van der Waals surface area contributed by atoms with Gasteiger partial charge in [-0.05, 0) is 58.4 Å². The van der Waals surface area contributed by atoms with Crippen LogP contribution in [0.1, 0.15) is 10.4 Å². The highest BCUT2D eigenvalue weighted by molar-refractivity contribution is 9.10. The van der Waals surface area contributed by atoms with Crippen LogP contribution in [0.5, 0.6) is 0 Å². The highest BCUT2D eigenvalue weighted by Gasteiger charge is 2.17. The molecular weight excluding hydrogens is 365 g/mol. The number of carboxylic acid groups (broad SMARTS) is 1. The first-order valence-electron chi connectivity index (χ1n) is 5.61. The molecule has 2 aromatic rings. The Balaban J connectivity index is 2.38. The predicted octanol–water partition coefficient (Wildman–Crippen LogP) is 3.09. The van der Waals surface area contributed by atoms with E-state index in [9.17, 15) is 17.6 Å². The van der Waals surface area contributed by atoms with Gasteiger partial charge in [0.1, 0.15) is 5.82 Å². The zero-order valence-corrected chi connectivity index (χ0v) is 12.8. The topological polar surface area (TPSA) is 83.5 Å². The molecule has 21 heavy (non-hydrogen) atoms. The molecule has 0 aliphatic heterocycles. The molecule has 2 aromatic carbocycles. The van der Waals surface area contributed by atoms with E-state index in [4.69, 9.17) is 5.11 Å². The Morgan fingerprint density at radius 1 is 1.14 bits per heavy atom. The first kappa shape index (κ1) is 15.5. The van der Waals surface area contributed by atoms with Gasteiger partial charge in [-0.25, -0.2) is 17.6 Å². The Kier molecular flexibility index (Phi) is 4.29.